The average Bonchev–Trinajstić information content (AvgIpc) is 3.00. The van der Waals surface area contributed by atoms with E-state index in [2.05, 4.69) is 5.32 Å². The van der Waals surface area contributed by atoms with Crippen molar-refractivity contribution in [2.24, 2.45) is 5.92 Å². The van der Waals surface area contributed by atoms with Crippen molar-refractivity contribution in [1.82, 2.24) is 5.32 Å². The second-order valence-corrected chi connectivity index (χ2v) is 5.32. The number of hydrogen-bond acceptors (Lipinski definition) is 3. The molecule has 110 valence electrons. The molecule has 0 unspecified atom stereocenters. The molecule has 1 N–H and O–H groups in total. The summed E-state index contributed by atoms with van der Waals surface area (Å²) in [6, 6.07) is 5.55. The Balaban J connectivity index is 2.10. The summed E-state index contributed by atoms with van der Waals surface area (Å²) < 4.78 is 10.6. The Morgan fingerprint density at radius 3 is 2.55 bits per heavy atom. The molecule has 0 bridgehead atoms. The predicted octanol–water partition coefficient (Wildman–Crippen LogP) is 3.07. The third kappa shape index (κ3) is 3.24. The van der Waals surface area contributed by atoms with Crippen LogP contribution in [-0.2, 0) is 4.79 Å². The van der Waals surface area contributed by atoms with Crippen molar-refractivity contribution in [3.8, 4) is 11.5 Å². The molecule has 4 heteroatoms. The van der Waals surface area contributed by atoms with Gasteiger partial charge < -0.3 is 14.8 Å². The van der Waals surface area contributed by atoms with Gasteiger partial charge in [-0.2, -0.15) is 0 Å². The number of hydrogen-bond donors (Lipinski definition) is 1. The highest BCUT2D eigenvalue weighted by Gasteiger charge is 2.24. The lowest BCUT2D eigenvalue weighted by molar-refractivity contribution is -0.125. The van der Waals surface area contributed by atoms with Crippen molar-refractivity contribution in [2.45, 2.75) is 38.6 Å². The normalized spacial score (nSPS) is 16.8. The second-order valence-electron chi connectivity index (χ2n) is 5.32. The molecule has 4 nitrogen and oxygen atoms in total. The summed E-state index contributed by atoms with van der Waals surface area (Å²) in [6.07, 6.45) is 4.34. The molecular formula is C16H23NO3. The minimum atomic E-state index is -0.0897. The monoisotopic (exact) mass is 277 g/mol. The summed E-state index contributed by atoms with van der Waals surface area (Å²) in [5.41, 5.74) is 0.943. The largest absolute Gasteiger partial charge is 0.497 e. The molecule has 0 spiro atoms. The maximum absolute atomic E-state index is 12.2. The highest BCUT2D eigenvalue weighted by atomic mass is 16.5. The number of methoxy groups -OCH3 is 2. The molecule has 1 amide bonds. The van der Waals surface area contributed by atoms with E-state index in [9.17, 15) is 4.79 Å². The number of benzene rings is 1. The fourth-order valence-corrected chi connectivity index (χ4v) is 2.77. The fourth-order valence-electron chi connectivity index (χ4n) is 2.77. The zero-order valence-corrected chi connectivity index (χ0v) is 12.4. The van der Waals surface area contributed by atoms with Gasteiger partial charge >= 0.3 is 0 Å². The van der Waals surface area contributed by atoms with Crippen molar-refractivity contribution in [3.05, 3.63) is 23.8 Å². The van der Waals surface area contributed by atoms with Gasteiger partial charge in [-0.3, -0.25) is 4.79 Å². The van der Waals surface area contributed by atoms with Crippen LogP contribution in [0.5, 0.6) is 11.5 Å². The molecule has 1 atom stereocenters. The lowest BCUT2D eigenvalue weighted by atomic mass is 10.0. The molecule has 0 aliphatic heterocycles. The molecule has 0 heterocycles. The van der Waals surface area contributed by atoms with Gasteiger partial charge in [0.2, 0.25) is 5.91 Å². The lowest BCUT2D eigenvalue weighted by Gasteiger charge is -2.20. The number of amides is 1. The quantitative estimate of drug-likeness (QED) is 0.899. The van der Waals surface area contributed by atoms with Gasteiger partial charge in [0.05, 0.1) is 20.3 Å². The van der Waals surface area contributed by atoms with Gasteiger partial charge in [0.1, 0.15) is 11.5 Å². The lowest BCUT2D eigenvalue weighted by Crippen LogP contribution is -2.31. The third-order valence-electron chi connectivity index (χ3n) is 3.99. The first-order valence-electron chi connectivity index (χ1n) is 7.18. The Morgan fingerprint density at radius 1 is 1.25 bits per heavy atom. The zero-order chi connectivity index (χ0) is 14.5. The van der Waals surface area contributed by atoms with E-state index in [4.69, 9.17) is 9.47 Å². The van der Waals surface area contributed by atoms with Crippen LogP contribution in [-0.4, -0.2) is 20.1 Å². The van der Waals surface area contributed by atoms with Crippen LogP contribution < -0.4 is 14.8 Å². The molecule has 2 rings (SSSR count). The summed E-state index contributed by atoms with van der Waals surface area (Å²) in [5.74, 6) is 1.86. The van der Waals surface area contributed by atoms with Crippen LogP contribution >= 0.6 is 0 Å². The van der Waals surface area contributed by atoms with Gasteiger partial charge in [-0.15, -0.1) is 0 Å². The highest BCUT2D eigenvalue weighted by molar-refractivity contribution is 5.79. The standard InChI is InChI=1S/C16H23NO3/c1-11(17-16(18)12-6-4-5-7-12)14-10-13(19-2)8-9-15(14)20-3/h8-12H,4-7H2,1-3H3,(H,17,18)/t11-/m0/s1. The van der Waals surface area contributed by atoms with Crippen molar-refractivity contribution in [2.75, 3.05) is 14.2 Å². The smallest absolute Gasteiger partial charge is 0.223 e. The Morgan fingerprint density at radius 2 is 1.95 bits per heavy atom. The molecule has 1 aliphatic carbocycles. The van der Waals surface area contributed by atoms with Crippen LogP contribution in [0.4, 0.5) is 0 Å². The molecule has 0 aromatic heterocycles. The van der Waals surface area contributed by atoms with E-state index >= 15 is 0 Å². The first kappa shape index (κ1) is 14.7. The molecule has 1 aliphatic rings. The van der Waals surface area contributed by atoms with E-state index < -0.39 is 0 Å². The van der Waals surface area contributed by atoms with Crippen molar-refractivity contribution >= 4 is 5.91 Å². The minimum Gasteiger partial charge on any atom is -0.497 e. The number of carbonyl (C=O) groups is 1. The van der Waals surface area contributed by atoms with Crippen LogP contribution in [0.15, 0.2) is 18.2 Å². The highest BCUT2D eigenvalue weighted by Crippen LogP contribution is 2.30. The minimum absolute atomic E-state index is 0.0897. The van der Waals surface area contributed by atoms with E-state index in [0.29, 0.717) is 0 Å². The van der Waals surface area contributed by atoms with Crippen LogP contribution in [0.3, 0.4) is 0 Å². The molecule has 1 saturated carbocycles. The zero-order valence-electron chi connectivity index (χ0n) is 12.4. The van der Waals surface area contributed by atoms with Gasteiger partial charge in [-0.1, -0.05) is 12.8 Å². The van der Waals surface area contributed by atoms with E-state index in [-0.39, 0.29) is 17.9 Å². The van der Waals surface area contributed by atoms with Crippen LogP contribution in [0.2, 0.25) is 0 Å². The fraction of sp³-hybridized carbons (Fsp3) is 0.562. The molecule has 0 radical (unpaired) electrons. The number of nitrogens with one attached hydrogen (secondary N) is 1. The van der Waals surface area contributed by atoms with Gasteiger partial charge in [0, 0.05) is 11.5 Å². The summed E-state index contributed by atoms with van der Waals surface area (Å²) in [7, 11) is 3.27. The third-order valence-corrected chi connectivity index (χ3v) is 3.99. The Bertz CT molecular complexity index is 467. The summed E-state index contributed by atoms with van der Waals surface area (Å²) >= 11 is 0. The Labute approximate surface area is 120 Å². The van der Waals surface area contributed by atoms with Gasteiger partial charge in [0.15, 0.2) is 0 Å². The number of carbonyl (C=O) groups excluding carboxylic acids is 1. The van der Waals surface area contributed by atoms with Crippen molar-refractivity contribution in [3.63, 3.8) is 0 Å². The van der Waals surface area contributed by atoms with Crippen molar-refractivity contribution < 1.29 is 14.3 Å². The molecule has 0 saturated heterocycles. The van der Waals surface area contributed by atoms with E-state index in [1.54, 1.807) is 14.2 Å². The van der Waals surface area contributed by atoms with Crippen LogP contribution in [0, 0.1) is 5.92 Å². The van der Waals surface area contributed by atoms with Gasteiger partial charge in [-0.05, 0) is 38.0 Å². The molecule has 1 aromatic rings. The Kier molecular flexibility index (Phi) is 4.88. The van der Waals surface area contributed by atoms with Crippen LogP contribution in [0.1, 0.15) is 44.2 Å². The number of ether oxygens (including phenoxy) is 2. The topological polar surface area (TPSA) is 47.6 Å². The van der Waals surface area contributed by atoms with Gasteiger partial charge in [-0.25, -0.2) is 0 Å². The molecule has 1 aromatic carbocycles. The first-order chi connectivity index (χ1) is 9.65. The summed E-state index contributed by atoms with van der Waals surface area (Å²) in [4.78, 5) is 12.2. The molecule has 20 heavy (non-hydrogen) atoms. The average molecular weight is 277 g/mol. The number of rotatable bonds is 5. The van der Waals surface area contributed by atoms with E-state index in [1.807, 2.05) is 25.1 Å². The first-order valence-corrected chi connectivity index (χ1v) is 7.18. The summed E-state index contributed by atoms with van der Waals surface area (Å²) in [6.45, 7) is 1.98. The maximum Gasteiger partial charge on any atom is 0.223 e. The SMILES string of the molecule is COc1ccc(OC)c([C@H](C)NC(=O)C2CCCC2)c1. The second kappa shape index (κ2) is 6.64. The molecular weight excluding hydrogens is 254 g/mol. The van der Waals surface area contributed by atoms with Gasteiger partial charge in [0.25, 0.3) is 0 Å². The Hall–Kier alpha value is -1.71. The summed E-state index contributed by atoms with van der Waals surface area (Å²) in [5, 5.41) is 3.09. The maximum atomic E-state index is 12.2. The van der Waals surface area contributed by atoms with E-state index in [0.717, 1.165) is 42.7 Å². The molecule has 1 fully saturated rings. The van der Waals surface area contributed by atoms with E-state index in [1.165, 1.54) is 0 Å². The van der Waals surface area contributed by atoms with Crippen molar-refractivity contribution in [1.29, 1.82) is 0 Å². The van der Waals surface area contributed by atoms with Crippen LogP contribution in [0.25, 0.3) is 0 Å². The predicted molar refractivity (Wildman–Crippen MR) is 78.1 cm³/mol.